The van der Waals surface area contributed by atoms with Crippen LogP contribution in [-0.4, -0.2) is 36.0 Å². The number of benzene rings is 3. The quantitative estimate of drug-likeness (QED) is 0.358. The molecular formula is C27H31Cl2N3. The average molecular weight is 468 g/mol. The highest BCUT2D eigenvalue weighted by Crippen LogP contribution is 2.34. The smallest absolute Gasteiger partial charge is 0.0892 e. The second kappa shape index (κ2) is 10.7. The average Bonchev–Trinajstić information content (AvgIpc) is 3.20. The van der Waals surface area contributed by atoms with Gasteiger partial charge in [-0.3, -0.25) is 9.80 Å². The number of nitrogens with zero attached hydrogens (tertiary/aromatic N) is 3. The van der Waals surface area contributed by atoms with Gasteiger partial charge in [0.15, 0.2) is 0 Å². The van der Waals surface area contributed by atoms with Gasteiger partial charge in [-0.2, -0.15) is 0 Å². The van der Waals surface area contributed by atoms with Gasteiger partial charge in [-0.25, -0.2) is 0 Å². The van der Waals surface area contributed by atoms with Gasteiger partial charge in [0, 0.05) is 55.0 Å². The fourth-order valence-electron chi connectivity index (χ4n) is 4.58. The zero-order valence-electron chi connectivity index (χ0n) is 18.8. The van der Waals surface area contributed by atoms with Gasteiger partial charge in [0.1, 0.15) is 0 Å². The Bertz CT molecular complexity index is 927. The molecule has 0 aromatic heterocycles. The predicted molar refractivity (Wildman–Crippen MR) is 136 cm³/mol. The van der Waals surface area contributed by atoms with Crippen molar-refractivity contribution in [1.82, 2.24) is 9.80 Å². The summed E-state index contributed by atoms with van der Waals surface area (Å²) in [6.45, 7) is 10.3. The first-order valence-corrected chi connectivity index (χ1v) is 12.1. The minimum Gasteiger partial charge on any atom is -0.372 e. The molecule has 168 valence electrons. The van der Waals surface area contributed by atoms with E-state index in [9.17, 15) is 0 Å². The SMILES string of the molecule is CCN(CC)c1ccc(C2N(Cc3ccc(Cl)cc3)CCN2Cc2ccc(Cl)cc2)cc1. The predicted octanol–water partition coefficient (Wildman–Crippen LogP) is 6.86. The second-order valence-electron chi connectivity index (χ2n) is 8.33. The van der Waals surface area contributed by atoms with Crippen molar-refractivity contribution >= 4 is 28.9 Å². The molecule has 1 fully saturated rings. The lowest BCUT2D eigenvalue weighted by molar-refractivity contribution is 0.126. The Morgan fingerprint density at radius 3 is 1.53 bits per heavy atom. The van der Waals surface area contributed by atoms with Gasteiger partial charge in [0.25, 0.3) is 0 Å². The number of anilines is 1. The van der Waals surface area contributed by atoms with Gasteiger partial charge in [-0.05, 0) is 66.9 Å². The van der Waals surface area contributed by atoms with Crippen LogP contribution in [0.15, 0.2) is 72.8 Å². The highest BCUT2D eigenvalue weighted by Gasteiger charge is 2.33. The van der Waals surface area contributed by atoms with Crippen molar-refractivity contribution in [3.63, 3.8) is 0 Å². The summed E-state index contributed by atoms with van der Waals surface area (Å²) in [4.78, 5) is 7.51. The molecule has 0 saturated carbocycles. The Kier molecular flexibility index (Phi) is 7.75. The molecule has 0 spiro atoms. The van der Waals surface area contributed by atoms with Crippen LogP contribution in [0.2, 0.25) is 10.0 Å². The standard InChI is InChI=1S/C27H31Cl2N3/c1-3-30(4-2)26-15-9-23(10-16-26)27-31(19-21-5-11-24(28)12-6-21)17-18-32(27)20-22-7-13-25(29)14-8-22/h5-16,27H,3-4,17-20H2,1-2H3. The first kappa shape index (κ1) is 23.1. The van der Waals surface area contributed by atoms with Crippen LogP contribution in [-0.2, 0) is 13.1 Å². The molecule has 1 heterocycles. The number of hydrogen-bond donors (Lipinski definition) is 0. The molecule has 0 amide bonds. The summed E-state index contributed by atoms with van der Waals surface area (Å²) in [6.07, 6.45) is 0.229. The summed E-state index contributed by atoms with van der Waals surface area (Å²) in [5, 5.41) is 1.56. The summed E-state index contributed by atoms with van der Waals surface area (Å²) in [6, 6.07) is 25.6. The Morgan fingerprint density at radius 2 is 1.12 bits per heavy atom. The van der Waals surface area contributed by atoms with Gasteiger partial charge in [-0.15, -0.1) is 0 Å². The molecule has 0 bridgehead atoms. The largest absolute Gasteiger partial charge is 0.372 e. The van der Waals surface area contributed by atoms with Gasteiger partial charge in [0.2, 0.25) is 0 Å². The van der Waals surface area contributed by atoms with Crippen LogP contribution in [0.4, 0.5) is 5.69 Å². The summed E-state index contributed by atoms with van der Waals surface area (Å²) in [5.74, 6) is 0. The molecule has 32 heavy (non-hydrogen) atoms. The first-order valence-electron chi connectivity index (χ1n) is 11.4. The van der Waals surface area contributed by atoms with Crippen LogP contribution in [0.25, 0.3) is 0 Å². The van der Waals surface area contributed by atoms with Crippen molar-refractivity contribution in [2.75, 3.05) is 31.1 Å². The normalized spacial score (nSPS) is 15.4. The zero-order chi connectivity index (χ0) is 22.5. The lowest BCUT2D eigenvalue weighted by atomic mass is 10.1. The molecule has 3 nitrogen and oxygen atoms in total. The van der Waals surface area contributed by atoms with Crippen molar-refractivity contribution in [3.8, 4) is 0 Å². The maximum Gasteiger partial charge on any atom is 0.0892 e. The van der Waals surface area contributed by atoms with E-state index >= 15 is 0 Å². The topological polar surface area (TPSA) is 9.72 Å². The van der Waals surface area contributed by atoms with E-state index < -0.39 is 0 Å². The van der Waals surface area contributed by atoms with E-state index in [1.54, 1.807) is 0 Å². The molecule has 0 N–H and O–H groups in total. The molecule has 1 aliphatic rings. The van der Waals surface area contributed by atoms with Gasteiger partial charge in [-0.1, -0.05) is 59.6 Å². The van der Waals surface area contributed by atoms with Crippen LogP contribution in [0.1, 0.15) is 36.7 Å². The molecule has 4 rings (SSSR count). The van der Waals surface area contributed by atoms with Crippen LogP contribution < -0.4 is 4.90 Å². The minimum atomic E-state index is 0.229. The molecule has 1 aliphatic heterocycles. The highest BCUT2D eigenvalue weighted by molar-refractivity contribution is 6.30. The fourth-order valence-corrected chi connectivity index (χ4v) is 4.83. The molecule has 0 radical (unpaired) electrons. The van der Waals surface area contributed by atoms with Gasteiger partial charge >= 0.3 is 0 Å². The highest BCUT2D eigenvalue weighted by atomic mass is 35.5. The molecule has 5 heteroatoms. The van der Waals surface area contributed by atoms with Gasteiger partial charge in [0.05, 0.1) is 6.17 Å². The zero-order valence-corrected chi connectivity index (χ0v) is 20.4. The molecule has 3 aromatic rings. The maximum absolute atomic E-state index is 6.11. The van der Waals surface area contributed by atoms with Crippen LogP contribution >= 0.6 is 23.2 Å². The van der Waals surface area contributed by atoms with E-state index in [0.717, 1.165) is 49.3 Å². The van der Waals surface area contributed by atoms with Crippen molar-refractivity contribution in [1.29, 1.82) is 0 Å². The minimum absolute atomic E-state index is 0.229. The van der Waals surface area contributed by atoms with Crippen LogP contribution in [0.3, 0.4) is 0 Å². The van der Waals surface area contributed by atoms with Crippen molar-refractivity contribution in [2.24, 2.45) is 0 Å². The monoisotopic (exact) mass is 467 g/mol. The number of rotatable bonds is 8. The molecule has 0 aliphatic carbocycles. The lowest BCUT2D eigenvalue weighted by Gasteiger charge is -2.31. The van der Waals surface area contributed by atoms with Crippen LogP contribution in [0, 0.1) is 0 Å². The third-order valence-electron chi connectivity index (χ3n) is 6.28. The van der Waals surface area contributed by atoms with Crippen molar-refractivity contribution in [2.45, 2.75) is 33.1 Å². The van der Waals surface area contributed by atoms with E-state index in [2.05, 4.69) is 77.1 Å². The second-order valence-corrected chi connectivity index (χ2v) is 9.20. The molecule has 1 saturated heterocycles. The Morgan fingerprint density at radius 1 is 0.688 bits per heavy atom. The third kappa shape index (κ3) is 5.47. The maximum atomic E-state index is 6.11. The molecule has 0 unspecified atom stereocenters. The summed E-state index contributed by atoms with van der Waals surface area (Å²) in [5.41, 5.74) is 5.19. The van der Waals surface area contributed by atoms with E-state index in [1.165, 1.54) is 22.4 Å². The van der Waals surface area contributed by atoms with E-state index in [-0.39, 0.29) is 6.17 Å². The number of halogens is 2. The summed E-state index contributed by atoms with van der Waals surface area (Å²) >= 11 is 12.2. The Labute approximate surface area is 202 Å². The summed E-state index contributed by atoms with van der Waals surface area (Å²) < 4.78 is 0. The van der Waals surface area contributed by atoms with Crippen molar-refractivity contribution < 1.29 is 0 Å². The Hall–Kier alpha value is -2.04. The van der Waals surface area contributed by atoms with Crippen molar-refractivity contribution in [3.05, 3.63) is 99.5 Å². The molecule has 0 atom stereocenters. The van der Waals surface area contributed by atoms with E-state index in [0.29, 0.717) is 0 Å². The van der Waals surface area contributed by atoms with Crippen LogP contribution in [0.5, 0.6) is 0 Å². The molecular weight excluding hydrogens is 437 g/mol. The first-order chi connectivity index (χ1) is 15.6. The third-order valence-corrected chi connectivity index (χ3v) is 6.79. The van der Waals surface area contributed by atoms with Gasteiger partial charge < -0.3 is 4.90 Å². The fraction of sp³-hybridized carbons (Fsp3) is 0.333. The van der Waals surface area contributed by atoms with E-state index in [1.807, 2.05) is 24.3 Å². The molecule has 3 aromatic carbocycles. The Balaban J connectivity index is 1.60. The number of hydrogen-bond acceptors (Lipinski definition) is 3. The lowest BCUT2D eigenvalue weighted by Crippen LogP contribution is -2.30. The van der Waals surface area contributed by atoms with E-state index in [4.69, 9.17) is 23.2 Å². The summed E-state index contributed by atoms with van der Waals surface area (Å²) in [7, 11) is 0.